The van der Waals surface area contributed by atoms with Crippen LogP contribution in [0.3, 0.4) is 0 Å². The van der Waals surface area contributed by atoms with Crippen LogP contribution in [0.2, 0.25) is 0 Å². The molecule has 2 rings (SSSR count). The molecule has 0 radical (unpaired) electrons. The van der Waals surface area contributed by atoms with E-state index in [-0.39, 0.29) is 18.0 Å². The van der Waals surface area contributed by atoms with Crippen molar-refractivity contribution in [1.29, 1.82) is 0 Å². The van der Waals surface area contributed by atoms with Gasteiger partial charge in [0, 0.05) is 6.04 Å². The molecule has 5 nitrogen and oxygen atoms in total. The number of fused-ring (bicyclic) bond motifs is 1. The first-order valence-electron chi connectivity index (χ1n) is 5.51. The summed E-state index contributed by atoms with van der Waals surface area (Å²) in [5.74, 6) is 0.0785. The third-order valence-corrected chi connectivity index (χ3v) is 2.37. The molecule has 0 aliphatic heterocycles. The zero-order valence-electron chi connectivity index (χ0n) is 9.76. The molecule has 0 aromatic carbocycles. The lowest BCUT2D eigenvalue weighted by Crippen LogP contribution is -2.21. The molecule has 0 fully saturated rings. The van der Waals surface area contributed by atoms with E-state index >= 15 is 0 Å². The number of hydrogen-bond acceptors (Lipinski definition) is 4. The van der Waals surface area contributed by atoms with E-state index in [2.05, 4.69) is 15.4 Å². The average molecular weight is 238 g/mol. The van der Waals surface area contributed by atoms with E-state index in [1.165, 1.54) is 16.8 Å². The maximum atomic E-state index is 12.9. The lowest BCUT2D eigenvalue weighted by Gasteiger charge is -2.13. The minimum atomic E-state index is -0.382. The van der Waals surface area contributed by atoms with Gasteiger partial charge in [-0.25, -0.2) is 8.91 Å². The van der Waals surface area contributed by atoms with Gasteiger partial charge in [-0.15, -0.1) is 5.10 Å². The van der Waals surface area contributed by atoms with Crippen LogP contribution in [0.5, 0.6) is 0 Å². The predicted molar refractivity (Wildman–Crippen MR) is 62.3 cm³/mol. The first kappa shape index (κ1) is 11.8. The molecular weight excluding hydrogens is 223 g/mol. The van der Waals surface area contributed by atoms with Crippen LogP contribution in [0.4, 0.5) is 10.3 Å². The Morgan fingerprint density at radius 3 is 2.94 bits per heavy atom. The monoisotopic (exact) mass is 238 g/mol. The van der Waals surface area contributed by atoms with E-state index < -0.39 is 0 Å². The lowest BCUT2D eigenvalue weighted by atomic mass is 10.2. The highest BCUT2D eigenvalue weighted by molar-refractivity contribution is 5.43. The summed E-state index contributed by atoms with van der Waals surface area (Å²) in [5, 5.41) is 16.4. The Morgan fingerprint density at radius 1 is 1.47 bits per heavy atom. The number of pyridine rings is 1. The van der Waals surface area contributed by atoms with Crippen LogP contribution in [0, 0.1) is 5.82 Å². The zero-order valence-corrected chi connectivity index (χ0v) is 9.76. The van der Waals surface area contributed by atoms with E-state index in [4.69, 9.17) is 0 Å². The van der Waals surface area contributed by atoms with Gasteiger partial charge >= 0.3 is 0 Å². The quantitative estimate of drug-likeness (QED) is 0.846. The second kappa shape index (κ2) is 4.67. The lowest BCUT2D eigenvalue weighted by molar-refractivity contribution is 0.179. The van der Waals surface area contributed by atoms with Gasteiger partial charge in [0.15, 0.2) is 5.65 Å². The summed E-state index contributed by atoms with van der Waals surface area (Å²) < 4.78 is 14.3. The molecule has 0 aliphatic rings. The van der Waals surface area contributed by atoms with Crippen molar-refractivity contribution in [2.24, 2.45) is 0 Å². The molecule has 0 bridgehead atoms. The van der Waals surface area contributed by atoms with Crippen LogP contribution in [0.1, 0.15) is 20.3 Å². The van der Waals surface area contributed by atoms with Gasteiger partial charge in [-0.05, 0) is 32.4 Å². The smallest absolute Gasteiger partial charge is 0.243 e. The van der Waals surface area contributed by atoms with Gasteiger partial charge < -0.3 is 10.4 Å². The van der Waals surface area contributed by atoms with Gasteiger partial charge in [-0.2, -0.15) is 4.98 Å². The fraction of sp³-hybridized carbons (Fsp3) is 0.455. The average Bonchev–Trinajstić information content (AvgIpc) is 2.57. The standard InChI is InChI=1S/C11H15FN4O/c1-7(5-8(2)17)13-11-14-10-4-3-9(12)6-16(10)15-11/h3-4,6-8,17H,5H2,1-2H3,(H,13,15). The van der Waals surface area contributed by atoms with Crippen molar-refractivity contribution in [2.45, 2.75) is 32.4 Å². The van der Waals surface area contributed by atoms with Crippen molar-refractivity contribution in [3.8, 4) is 0 Å². The normalized spacial score (nSPS) is 14.8. The van der Waals surface area contributed by atoms with Crippen LogP contribution in [-0.2, 0) is 0 Å². The maximum Gasteiger partial charge on any atom is 0.243 e. The molecule has 2 aromatic rings. The Hall–Kier alpha value is -1.69. The van der Waals surface area contributed by atoms with Crippen LogP contribution in [0.25, 0.3) is 5.65 Å². The summed E-state index contributed by atoms with van der Waals surface area (Å²) in [6.07, 6.45) is 1.49. The summed E-state index contributed by atoms with van der Waals surface area (Å²) in [7, 11) is 0. The third-order valence-electron chi connectivity index (χ3n) is 2.37. The number of halogens is 1. The molecule has 0 aliphatic carbocycles. The molecule has 2 atom stereocenters. The molecule has 0 saturated heterocycles. The Labute approximate surface area is 98.3 Å². The van der Waals surface area contributed by atoms with Crippen molar-refractivity contribution in [2.75, 3.05) is 5.32 Å². The van der Waals surface area contributed by atoms with Gasteiger partial charge in [0.2, 0.25) is 5.95 Å². The van der Waals surface area contributed by atoms with Gasteiger partial charge in [0.25, 0.3) is 0 Å². The second-order valence-electron chi connectivity index (χ2n) is 4.22. The van der Waals surface area contributed by atoms with Crippen molar-refractivity contribution >= 4 is 11.6 Å². The van der Waals surface area contributed by atoms with E-state index in [0.717, 1.165) is 0 Å². The van der Waals surface area contributed by atoms with Crippen molar-refractivity contribution < 1.29 is 9.50 Å². The molecule has 2 heterocycles. The van der Waals surface area contributed by atoms with E-state index in [1.807, 2.05) is 6.92 Å². The zero-order chi connectivity index (χ0) is 12.4. The summed E-state index contributed by atoms with van der Waals surface area (Å²) in [4.78, 5) is 4.19. The van der Waals surface area contributed by atoms with Crippen LogP contribution < -0.4 is 5.32 Å². The summed E-state index contributed by atoms with van der Waals surface area (Å²) in [6.45, 7) is 3.66. The Balaban J connectivity index is 2.14. The summed E-state index contributed by atoms with van der Waals surface area (Å²) in [6, 6.07) is 2.96. The van der Waals surface area contributed by atoms with Crippen molar-refractivity contribution in [1.82, 2.24) is 14.6 Å². The van der Waals surface area contributed by atoms with Crippen LogP contribution >= 0.6 is 0 Å². The molecule has 2 aromatic heterocycles. The van der Waals surface area contributed by atoms with Crippen LogP contribution in [0.15, 0.2) is 18.3 Å². The van der Waals surface area contributed by atoms with Gasteiger partial charge in [-0.3, -0.25) is 0 Å². The largest absolute Gasteiger partial charge is 0.393 e. The van der Waals surface area contributed by atoms with Crippen molar-refractivity contribution in [3.63, 3.8) is 0 Å². The molecule has 2 unspecified atom stereocenters. The molecule has 17 heavy (non-hydrogen) atoms. The highest BCUT2D eigenvalue weighted by Gasteiger charge is 2.09. The molecule has 2 N–H and O–H groups in total. The van der Waals surface area contributed by atoms with E-state index in [1.54, 1.807) is 13.0 Å². The molecular formula is C11H15FN4O. The first-order valence-corrected chi connectivity index (χ1v) is 5.51. The molecule has 0 spiro atoms. The number of nitrogens with zero attached hydrogens (tertiary/aromatic N) is 3. The van der Waals surface area contributed by atoms with Gasteiger partial charge in [0.1, 0.15) is 5.82 Å². The number of anilines is 1. The maximum absolute atomic E-state index is 12.9. The highest BCUT2D eigenvalue weighted by Crippen LogP contribution is 2.09. The Morgan fingerprint density at radius 2 is 2.24 bits per heavy atom. The van der Waals surface area contributed by atoms with E-state index in [9.17, 15) is 9.50 Å². The Bertz CT molecular complexity index is 511. The number of aromatic nitrogens is 3. The highest BCUT2D eigenvalue weighted by atomic mass is 19.1. The molecule has 0 saturated carbocycles. The fourth-order valence-electron chi connectivity index (χ4n) is 1.71. The number of nitrogens with one attached hydrogen (secondary N) is 1. The fourth-order valence-corrected chi connectivity index (χ4v) is 1.71. The number of aliphatic hydroxyl groups is 1. The Kier molecular flexibility index (Phi) is 3.23. The SMILES string of the molecule is CC(O)CC(C)Nc1nc2ccc(F)cn2n1. The topological polar surface area (TPSA) is 62.5 Å². The summed E-state index contributed by atoms with van der Waals surface area (Å²) in [5.41, 5.74) is 0.582. The first-order chi connectivity index (χ1) is 8.04. The molecule has 92 valence electrons. The van der Waals surface area contributed by atoms with Gasteiger partial charge in [-0.1, -0.05) is 0 Å². The van der Waals surface area contributed by atoms with Crippen LogP contribution in [-0.4, -0.2) is 31.9 Å². The molecule has 6 heteroatoms. The second-order valence-corrected chi connectivity index (χ2v) is 4.22. The minimum absolute atomic E-state index is 0.0530. The van der Waals surface area contributed by atoms with Crippen molar-refractivity contribution in [3.05, 3.63) is 24.1 Å². The molecule has 0 amide bonds. The number of aliphatic hydroxyl groups excluding tert-OH is 1. The van der Waals surface area contributed by atoms with E-state index in [0.29, 0.717) is 18.0 Å². The summed E-state index contributed by atoms with van der Waals surface area (Å²) >= 11 is 0. The third kappa shape index (κ3) is 2.91. The minimum Gasteiger partial charge on any atom is -0.393 e. The number of rotatable bonds is 4. The van der Waals surface area contributed by atoms with Gasteiger partial charge in [0.05, 0.1) is 12.3 Å². The predicted octanol–water partition coefficient (Wildman–Crippen LogP) is 1.44. The number of hydrogen-bond donors (Lipinski definition) is 2.